The van der Waals surface area contributed by atoms with Crippen molar-refractivity contribution in [3.8, 4) is 0 Å². The van der Waals surface area contributed by atoms with Crippen LogP contribution in [-0.4, -0.2) is 40.2 Å². The van der Waals surface area contributed by atoms with Gasteiger partial charge in [0.15, 0.2) is 5.82 Å². The molecular formula is C10H17N5O2. The molecule has 1 saturated heterocycles. The third kappa shape index (κ3) is 3.16. The molecular weight excluding hydrogens is 222 g/mol. The summed E-state index contributed by atoms with van der Waals surface area (Å²) in [6.45, 7) is 3.77. The summed E-state index contributed by atoms with van der Waals surface area (Å²) in [6.07, 6.45) is 1.81. The van der Waals surface area contributed by atoms with Crippen LogP contribution in [0.5, 0.6) is 0 Å². The van der Waals surface area contributed by atoms with Crippen LogP contribution in [0.15, 0.2) is 4.52 Å². The van der Waals surface area contributed by atoms with Crippen molar-refractivity contribution in [2.75, 3.05) is 13.1 Å². The van der Waals surface area contributed by atoms with Crippen molar-refractivity contribution < 1.29 is 9.32 Å². The first-order valence-electron chi connectivity index (χ1n) is 5.72. The Morgan fingerprint density at radius 3 is 2.82 bits per heavy atom. The van der Waals surface area contributed by atoms with Crippen molar-refractivity contribution in [2.45, 2.75) is 32.4 Å². The smallest absolute Gasteiger partial charge is 0.314 e. The van der Waals surface area contributed by atoms with Crippen LogP contribution in [0.3, 0.4) is 0 Å². The predicted molar refractivity (Wildman–Crippen MR) is 60.1 cm³/mol. The SMILES string of the molecule is Cc1nc(CNC2CCN(C(N)=O)CC2)no1. The highest BCUT2D eigenvalue weighted by Gasteiger charge is 2.20. The third-order valence-electron chi connectivity index (χ3n) is 2.93. The minimum atomic E-state index is -0.336. The molecule has 0 aliphatic carbocycles. The van der Waals surface area contributed by atoms with Gasteiger partial charge < -0.3 is 20.5 Å². The van der Waals surface area contributed by atoms with Crippen LogP contribution in [-0.2, 0) is 6.54 Å². The summed E-state index contributed by atoms with van der Waals surface area (Å²) in [5.41, 5.74) is 5.21. The molecule has 1 aromatic rings. The van der Waals surface area contributed by atoms with Crippen molar-refractivity contribution >= 4 is 6.03 Å². The Balaban J connectivity index is 1.73. The highest BCUT2D eigenvalue weighted by Crippen LogP contribution is 2.10. The van der Waals surface area contributed by atoms with Crippen LogP contribution in [0.1, 0.15) is 24.6 Å². The van der Waals surface area contributed by atoms with Gasteiger partial charge in [-0.15, -0.1) is 0 Å². The number of rotatable bonds is 3. The lowest BCUT2D eigenvalue weighted by Crippen LogP contribution is -2.46. The van der Waals surface area contributed by atoms with Gasteiger partial charge in [-0.05, 0) is 12.8 Å². The number of likely N-dealkylation sites (tertiary alicyclic amines) is 1. The molecule has 0 saturated carbocycles. The Morgan fingerprint density at radius 2 is 2.29 bits per heavy atom. The van der Waals surface area contributed by atoms with E-state index in [2.05, 4.69) is 15.5 Å². The van der Waals surface area contributed by atoms with Gasteiger partial charge in [0.1, 0.15) is 0 Å². The summed E-state index contributed by atoms with van der Waals surface area (Å²) in [4.78, 5) is 16.7. The number of carbonyl (C=O) groups is 1. The summed E-state index contributed by atoms with van der Waals surface area (Å²) >= 11 is 0. The maximum absolute atomic E-state index is 10.9. The van der Waals surface area contributed by atoms with Crippen LogP contribution in [0.25, 0.3) is 0 Å². The zero-order valence-corrected chi connectivity index (χ0v) is 9.85. The van der Waals surface area contributed by atoms with Gasteiger partial charge in [-0.2, -0.15) is 4.98 Å². The number of hydrogen-bond acceptors (Lipinski definition) is 5. The Morgan fingerprint density at radius 1 is 1.59 bits per heavy atom. The van der Waals surface area contributed by atoms with Gasteiger partial charge in [-0.1, -0.05) is 5.16 Å². The Bertz CT molecular complexity index is 384. The number of hydrogen-bond donors (Lipinski definition) is 2. The second kappa shape index (κ2) is 5.13. The number of piperidine rings is 1. The third-order valence-corrected chi connectivity index (χ3v) is 2.93. The van der Waals surface area contributed by atoms with Crippen molar-refractivity contribution in [2.24, 2.45) is 5.73 Å². The van der Waals surface area contributed by atoms with E-state index in [0.717, 1.165) is 12.8 Å². The zero-order chi connectivity index (χ0) is 12.3. The maximum Gasteiger partial charge on any atom is 0.314 e. The largest absolute Gasteiger partial charge is 0.351 e. The summed E-state index contributed by atoms with van der Waals surface area (Å²) in [7, 11) is 0. The fraction of sp³-hybridized carbons (Fsp3) is 0.700. The summed E-state index contributed by atoms with van der Waals surface area (Å²) in [5.74, 6) is 1.24. The van der Waals surface area contributed by atoms with E-state index in [9.17, 15) is 4.79 Å². The number of nitrogens with two attached hydrogens (primary N) is 1. The average molecular weight is 239 g/mol. The number of aryl methyl sites for hydroxylation is 1. The first kappa shape index (κ1) is 11.8. The van der Waals surface area contributed by atoms with Crippen LogP contribution < -0.4 is 11.1 Å². The normalized spacial score (nSPS) is 17.4. The number of nitrogens with zero attached hydrogens (tertiary/aromatic N) is 3. The van der Waals surface area contributed by atoms with Crippen LogP contribution in [0.4, 0.5) is 4.79 Å². The van der Waals surface area contributed by atoms with Gasteiger partial charge >= 0.3 is 6.03 Å². The fourth-order valence-corrected chi connectivity index (χ4v) is 1.95. The van der Waals surface area contributed by atoms with E-state index < -0.39 is 0 Å². The molecule has 0 spiro atoms. The molecule has 0 atom stereocenters. The maximum atomic E-state index is 10.9. The second-order valence-corrected chi connectivity index (χ2v) is 4.21. The lowest BCUT2D eigenvalue weighted by Gasteiger charge is -2.31. The first-order valence-corrected chi connectivity index (χ1v) is 5.72. The Hall–Kier alpha value is -1.63. The molecule has 7 nitrogen and oxygen atoms in total. The molecule has 2 rings (SSSR count). The molecule has 0 unspecified atom stereocenters. The van der Waals surface area contributed by atoms with Crippen molar-refractivity contribution in [3.05, 3.63) is 11.7 Å². The molecule has 0 bridgehead atoms. The van der Waals surface area contributed by atoms with Crippen LogP contribution in [0.2, 0.25) is 0 Å². The second-order valence-electron chi connectivity index (χ2n) is 4.21. The van der Waals surface area contributed by atoms with Gasteiger partial charge in [0.2, 0.25) is 5.89 Å². The quantitative estimate of drug-likeness (QED) is 0.774. The van der Waals surface area contributed by atoms with E-state index in [0.29, 0.717) is 37.4 Å². The highest BCUT2D eigenvalue weighted by atomic mass is 16.5. The topological polar surface area (TPSA) is 97.3 Å². The number of urea groups is 1. The number of aromatic nitrogens is 2. The molecule has 17 heavy (non-hydrogen) atoms. The number of amides is 2. The molecule has 1 aromatic heterocycles. The van der Waals surface area contributed by atoms with E-state index >= 15 is 0 Å². The van der Waals surface area contributed by atoms with Gasteiger partial charge in [0.25, 0.3) is 0 Å². The predicted octanol–water partition coefficient (Wildman–Crippen LogP) is 0.0107. The van der Waals surface area contributed by atoms with Crippen LogP contribution in [0, 0.1) is 6.92 Å². The lowest BCUT2D eigenvalue weighted by molar-refractivity contribution is 0.184. The molecule has 0 radical (unpaired) electrons. The average Bonchev–Trinajstić information content (AvgIpc) is 2.73. The van der Waals surface area contributed by atoms with E-state index in [-0.39, 0.29) is 6.03 Å². The van der Waals surface area contributed by atoms with Crippen LogP contribution >= 0.6 is 0 Å². The van der Waals surface area contributed by atoms with Crippen molar-refractivity contribution in [1.29, 1.82) is 0 Å². The standard InChI is InChI=1S/C10H17N5O2/c1-7-13-9(14-17-7)6-12-8-2-4-15(5-3-8)10(11)16/h8,12H,2-6H2,1H3,(H2,11,16). The monoisotopic (exact) mass is 239 g/mol. The summed E-state index contributed by atoms with van der Waals surface area (Å²) < 4.78 is 4.88. The van der Waals surface area contributed by atoms with Crippen molar-refractivity contribution in [1.82, 2.24) is 20.4 Å². The van der Waals surface area contributed by atoms with Gasteiger partial charge in [-0.25, -0.2) is 4.79 Å². The highest BCUT2D eigenvalue weighted by molar-refractivity contribution is 5.72. The molecule has 94 valence electrons. The van der Waals surface area contributed by atoms with E-state index in [1.54, 1.807) is 11.8 Å². The Labute approximate surface area is 99.3 Å². The van der Waals surface area contributed by atoms with E-state index in [1.165, 1.54) is 0 Å². The lowest BCUT2D eigenvalue weighted by atomic mass is 10.1. The first-order chi connectivity index (χ1) is 8.15. The minimum Gasteiger partial charge on any atom is -0.351 e. The number of primary amides is 1. The van der Waals surface area contributed by atoms with Crippen molar-refractivity contribution in [3.63, 3.8) is 0 Å². The van der Waals surface area contributed by atoms with E-state index in [1.807, 2.05) is 0 Å². The molecule has 2 heterocycles. The number of carbonyl (C=O) groups excluding carboxylic acids is 1. The molecule has 1 aliphatic rings. The Kier molecular flexibility index (Phi) is 3.58. The molecule has 0 aromatic carbocycles. The van der Waals surface area contributed by atoms with E-state index in [4.69, 9.17) is 10.3 Å². The minimum absolute atomic E-state index is 0.336. The molecule has 1 fully saturated rings. The van der Waals surface area contributed by atoms with Gasteiger partial charge in [0, 0.05) is 26.1 Å². The number of nitrogens with one attached hydrogen (secondary N) is 1. The summed E-state index contributed by atoms with van der Waals surface area (Å²) in [6, 6.07) is 0.0432. The zero-order valence-electron chi connectivity index (χ0n) is 9.85. The molecule has 7 heteroatoms. The fourth-order valence-electron chi connectivity index (χ4n) is 1.95. The van der Waals surface area contributed by atoms with Gasteiger partial charge in [0.05, 0.1) is 6.54 Å². The molecule has 2 amide bonds. The summed E-state index contributed by atoms with van der Waals surface area (Å²) in [5, 5.41) is 7.16. The molecule has 1 aliphatic heterocycles. The van der Waals surface area contributed by atoms with Gasteiger partial charge in [-0.3, -0.25) is 0 Å². The molecule has 3 N–H and O–H groups in total.